The number of hydrogen-bond donors (Lipinski definition) is 0. The number of aryl methyl sites for hydroxylation is 1. The van der Waals surface area contributed by atoms with Crippen molar-refractivity contribution in [3.63, 3.8) is 0 Å². The predicted molar refractivity (Wildman–Crippen MR) is 105 cm³/mol. The van der Waals surface area contributed by atoms with Gasteiger partial charge in [-0.15, -0.1) is 0 Å². The summed E-state index contributed by atoms with van der Waals surface area (Å²) in [4.78, 5) is 42.6. The van der Waals surface area contributed by atoms with E-state index in [4.69, 9.17) is 0 Å². The summed E-state index contributed by atoms with van der Waals surface area (Å²) in [5, 5.41) is 0. The zero-order valence-electron chi connectivity index (χ0n) is 15.7. The van der Waals surface area contributed by atoms with E-state index in [1.54, 1.807) is 12.1 Å². The van der Waals surface area contributed by atoms with Gasteiger partial charge in [-0.25, -0.2) is 4.90 Å². The van der Waals surface area contributed by atoms with Gasteiger partial charge in [-0.05, 0) is 43.2 Å². The Labute approximate surface area is 163 Å². The van der Waals surface area contributed by atoms with Crippen molar-refractivity contribution in [3.8, 4) is 0 Å². The van der Waals surface area contributed by atoms with E-state index in [1.807, 2.05) is 60.5 Å². The summed E-state index contributed by atoms with van der Waals surface area (Å²) < 4.78 is 0. The molecule has 0 aliphatic carbocycles. The Kier molecular flexibility index (Phi) is 3.56. The second-order valence-corrected chi connectivity index (χ2v) is 7.79. The van der Waals surface area contributed by atoms with Crippen molar-refractivity contribution in [1.82, 2.24) is 4.90 Å². The number of fused-ring (bicyclic) bond motifs is 5. The highest BCUT2D eigenvalue weighted by Gasteiger charge is 2.63. The maximum Gasteiger partial charge on any atom is 0.240 e. The minimum atomic E-state index is -0.660. The van der Waals surface area contributed by atoms with Crippen LogP contribution in [0.5, 0.6) is 0 Å². The Morgan fingerprint density at radius 3 is 2.32 bits per heavy atom. The SMILES string of the molecule is CC(=O)C1C2C(=O)N(c3ccc(C)cc3)C(=O)C2C2c3ccccc3C=CN12. The van der Waals surface area contributed by atoms with E-state index in [2.05, 4.69) is 0 Å². The Morgan fingerprint density at radius 1 is 0.929 bits per heavy atom. The Morgan fingerprint density at radius 2 is 1.61 bits per heavy atom. The van der Waals surface area contributed by atoms with Gasteiger partial charge in [0.1, 0.15) is 0 Å². The van der Waals surface area contributed by atoms with E-state index in [9.17, 15) is 14.4 Å². The van der Waals surface area contributed by atoms with Crippen LogP contribution in [0, 0.1) is 18.8 Å². The summed E-state index contributed by atoms with van der Waals surface area (Å²) in [5.41, 5.74) is 3.65. The predicted octanol–water partition coefficient (Wildman–Crippen LogP) is 3.10. The highest BCUT2D eigenvalue weighted by molar-refractivity contribution is 6.24. The van der Waals surface area contributed by atoms with Crippen LogP contribution in [0.4, 0.5) is 5.69 Å². The third kappa shape index (κ3) is 2.16. The van der Waals surface area contributed by atoms with E-state index in [-0.39, 0.29) is 23.6 Å². The molecule has 5 rings (SSSR count). The topological polar surface area (TPSA) is 57.7 Å². The third-order valence-corrected chi connectivity index (χ3v) is 6.17. The van der Waals surface area contributed by atoms with Crippen LogP contribution in [0.15, 0.2) is 54.7 Å². The molecule has 2 aromatic rings. The van der Waals surface area contributed by atoms with Crippen molar-refractivity contribution in [2.75, 3.05) is 4.90 Å². The van der Waals surface area contributed by atoms with Gasteiger partial charge in [-0.2, -0.15) is 0 Å². The van der Waals surface area contributed by atoms with Crippen molar-refractivity contribution in [2.45, 2.75) is 25.9 Å². The number of rotatable bonds is 2. The number of benzene rings is 2. The summed E-state index contributed by atoms with van der Waals surface area (Å²) in [6.07, 6.45) is 3.82. The number of hydrogen-bond acceptors (Lipinski definition) is 4. The van der Waals surface area contributed by atoms with E-state index in [0.29, 0.717) is 5.69 Å². The van der Waals surface area contributed by atoms with Crippen LogP contribution in [-0.2, 0) is 14.4 Å². The molecular weight excluding hydrogens is 352 g/mol. The molecule has 3 aliphatic heterocycles. The number of Topliss-reactive ketones (excluding diaryl/α,β-unsaturated/α-hetero) is 1. The van der Waals surface area contributed by atoms with Gasteiger partial charge in [0.25, 0.3) is 0 Å². The lowest BCUT2D eigenvalue weighted by molar-refractivity contribution is -0.129. The molecule has 4 unspecified atom stereocenters. The molecule has 4 atom stereocenters. The monoisotopic (exact) mass is 372 g/mol. The van der Waals surface area contributed by atoms with Crippen LogP contribution in [0.25, 0.3) is 6.08 Å². The van der Waals surface area contributed by atoms with Crippen LogP contribution in [0.2, 0.25) is 0 Å². The van der Waals surface area contributed by atoms with Gasteiger partial charge in [0.05, 0.1) is 29.6 Å². The van der Waals surface area contributed by atoms with Crippen molar-refractivity contribution >= 4 is 29.4 Å². The Bertz CT molecular complexity index is 1040. The molecule has 5 nitrogen and oxygen atoms in total. The molecule has 0 saturated carbocycles. The fraction of sp³-hybridized carbons (Fsp3) is 0.261. The molecule has 0 bridgehead atoms. The van der Waals surface area contributed by atoms with E-state index < -0.39 is 17.9 Å². The van der Waals surface area contributed by atoms with Gasteiger partial charge < -0.3 is 4.90 Å². The number of carbonyl (C=O) groups is 3. The quantitative estimate of drug-likeness (QED) is 0.760. The number of nitrogens with zero attached hydrogens (tertiary/aromatic N) is 2. The molecule has 0 radical (unpaired) electrons. The lowest BCUT2D eigenvalue weighted by Crippen LogP contribution is -2.43. The molecule has 2 aromatic carbocycles. The molecule has 2 fully saturated rings. The van der Waals surface area contributed by atoms with E-state index in [1.165, 1.54) is 11.8 Å². The van der Waals surface area contributed by atoms with Gasteiger partial charge in [-0.3, -0.25) is 14.4 Å². The summed E-state index contributed by atoms with van der Waals surface area (Å²) in [6.45, 7) is 3.46. The van der Waals surface area contributed by atoms with E-state index >= 15 is 0 Å². The van der Waals surface area contributed by atoms with Gasteiger partial charge in [-0.1, -0.05) is 42.0 Å². The maximum absolute atomic E-state index is 13.5. The van der Waals surface area contributed by atoms with Gasteiger partial charge in [0, 0.05) is 6.20 Å². The zero-order chi connectivity index (χ0) is 19.6. The fourth-order valence-electron chi connectivity index (χ4n) is 4.97. The van der Waals surface area contributed by atoms with Crippen LogP contribution >= 0.6 is 0 Å². The molecule has 0 spiro atoms. The number of amides is 2. The van der Waals surface area contributed by atoms with Crippen molar-refractivity contribution in [3.05, 3.63) is 71.4 Å². The smallest absolute Gasteiger partial charge is 0.240 e. The number of ketones is 1. The standard InChI is InChI=1S/C23H20N2O3/c1-13-7-9-16(10-8-13)25-22(27)18-19(23(25)28)21-17-6-4-3-5-15(17)11-12-24(21)20(18)14(2)26/h3-12,18-21H,1-2H3. The lowest BCUT2D eigenvalue weighted by atomic mass is 9.84. The second-order valence-electron chi connectivity index (χ2n) is 7.79. The molecule has 3 heterocycles. The first kappa shape index (κ1) is 16.9. The molecule has 2 saturated heterocycles. The average molecular weight is 372 g/mol. The fourth-order valence-corrected chi connectivity index (χ4v) is 4.97. The maximum atomic E-state index is 13.5. The first-order valence-electron chi connectivity index (χ1n) is 9.48. The number of imide groups is 1. The molecule has 28 heavy (non-hydrogen) atoms. The lowest BCUT2D eigenvalue weighted by Gasteiger charge is -2.34. The molecule has 0 N–H and O–H groups in total. The largest absolute Gasteiger partial charge is 0.359 e. The van der Waals surface area contributed by atoms with Crippen molar-refractivity contribution in [2.24, 2.45) is 11.8 Å². The second kappa shape index (κ2) is 5.89. The summed E-state index contributed by atoms with van der Waals surface area (Å²) in [5.74, 6) is -1.81. The van der Waals surface area contributed by atoms with E-state index in [0.717, 1.165) is 16.7 Å². The first-order valence-corrected chi connectivity index (χ1v) is 9.48. The number of carbonyl (C=O) groups excluding carboxylic acids is 3. The van der Waals surface area contributed by atoms with Crippen LogP contribution in [-0.4, -0.2) is 28.5 Å². The zero-order valence-corrected chi connectivity index (χ0v) is 15.7. The molecule has 3 aliphatic rings. The first-order chi connectivity index (χ1) is 13.5. The van der Waals surface area contributed by atoms with Crippen LogP contribution in [0.3, 0.4) is 0 Å². The average Bonchev–Trinajstić information content (AvgIpc) is 3.16. The third-order valence-electron chi connectivity index (χ3n) is 6.17. The van der Waals surface area contributed by atoms with Gasteiger partial charge in [0.2, 0.25) is 11.8 Å². The van der Waals surface area contributed by atoms with Crippen molar-refractivity contribution < 1.29 is 14.4 Å². The minimum absolute atomic E-state index is 0.0894. The molecule has 5 heteroatoms. The van der Waals surface area contributed by atoms with Crippen molar-refractivity contribution in [1.29, 1.82) is 0 Å². The highest BCUT2D eigenvalue weighted by atomic mass is 16.2. The molecule has 0 aromatic heterocycles. The number of anilines is 1. The highest BCUT2D eigenvalue weighted by Crippen LogP contribution is 2.53. The summed E-state index contributed by atoms with van der Waals surface area (Å²) in [6, 6.07) is 14.3. The molecule has 140 valence electrons. The summed E-state index contributed by atoms with van der Waals surface area (Å²) >= 11 is 0. The van der Waals surface area contributed by atoms with Gasteiger partial charge in [0.15, 0.2) is 5.78 Å². The van der Waals surface area contributed by atoms with Crippen LogP contribution in [0.1, 0.15) is 29.7 Å². The van der Waals surface area contributed by atoms with Gasteiger partial charge >= 0.3 is 0 Å². The summed E-state index contributed by atoms with van der Waals surface area (Å²) in [7, 11) is 0. The normalized spacial score (nSPS) is 27.6. The molecular formula is C23H20N2O3. The Balaban J connectivity index is 1.65. The Hall–Kier alpha value is -3.21. The minimum Gasteiger partial charge on any atom is -0.359 e. The molecule has 2 amide bonds. The van der Waals surface area contributed by atoms with Crippen LogP contribution < -0.4 is 4.90 Å².